The largest absolute Gasteiger partial charge is 0.459 e. The smallest absolute Gasteiger partial charge is 0.191 e. The van der Waals surface area contributed by atoms with E-state index >= 15 is 0 Å². The molecule has 0 radical (unpaired) electrons. The van der Waals surface area contributed by atoms with Crippen LogP contribution in [-0.4, -0.2) is 32.8 Å². The highest BCUT2D eigenvalue weighted by Gasteiger charge is 2.11. The first-order valence-electron chi connectivity index (χ1n) is 7.08. The van der Waals surface area contributed by atoms with Crippen LogP contribution < -0.4 is 10.6 Å². The molecule has 21 heavy (non-hydrogen) atoms. The predicted molar refractivity (Wildman–Crippen MR) is 85.6 cm³/mol. The molecular weight excluding hydrogens is 266 g/mol. The monoisotopic (exact) mass is 289 g/mol. The standard InChI is InChI=1S/C16H23N3O2/c1-11(10-20-4)19-16(17-3)18-9-15-12(2)13-7-5-6-8-14(13)21-15/h5-8,11H,9-10H2,1-4H3,(H2,17,18,19). The molecule has 2 N–H and O–H groups in total. The Balaban J connectivity index is 2.01. The van der Waals surface area contributed by atoms with Gasteiger partial charge in [0.25, 0.3) is 0 Å². The number of benzene rings is 1. The summed E-state index contributed by atoms with van der Waals surface area (Å²) < 4.78 is 11.0. The van der Waals surface area contributed by atoms with Crippen LogP contribution in [0.4, 0.5) is 0 Å². The molecule has 1 unspecified atom stereocenters. The van der Waals surface area contributed by atoms with Crippen molar-refractivity contribution in [3.63, 3.8) is 0 Å². The molecule has 5 nitrogen and oxygen atoms in total. The first-order valence-corrected chi connectivity index (χ1v) is 7.08. The van der Waals surface area contributed by atoms with Gasteiger partial charge in [-0.3, -0.25) is 4.99 Å². The molecule has 0 bridgehead atoms. The van der Waals surface area contributed by atoms with Crippen molar-refractivity contribution < 1.29 is 9.15 Å². The van der Waals surface area contributed by atoms with Crippen molar-refractivity contribution in [3.05, 3.63) is 35.6 Å². The van der Waals surface area contributed by atoms with Gasteiger partial charge in [-0.1, -0.05) is 18.2 Å². The minimum atomic E-state index is 0.193. The maximum atomic E-state index is 5.88. The molecule has 0 aliphatic carbocycles. The molecule has 0 saturated heterocycles. The van der Waals surface area contributed by atoms with Gasteiger partial charge in [-0.15, -0.1) is 0 Å². The number of methoxy groups -OCH3 is 1. The second kappa shape index (κ2) is 7.13. The van der Waals surface area contributed by atoms with Crippen molar-refractivity contribution in [3.8, 4) is 0 Å². The molecular formula is C16H23N3O2. The third kappa shape index (κ3) is 3.76. The third-order valence-corrected chi connectivity index (χ3v) is 3.38. The Labute approximate surface area is 125 Å². The van der Waals surface area contributed by atoms with Crippen LogP contribution in [0, 0.1) is 6.92 Å². The fourth-order valence-corrected chi connectivity index (χ4v) is 2.28. The first-order chi connectivity index (χ1) is 10.2. The van der Waals surface area contributed by atoms with Crippen LogP contribution in [0.1, 0.15) is 18.2 Å². The number of para-hydroxylation sites is 1. The number of aryl methyl sites for hydroxylation is 1. The lowest BCUT2D eigenvalue weighted by molar-refractivity contribution is 0.179. The molecule has 0 spiro atoms. The second-order valence-electron chi connectivity index (χ2n) is 5.07. The van der Waals surface area contributed by atoms with Gasteiger partial charge in [0.05, 0.1) is 13.2 Å². The number of fused-ring (bicyclic) bond motifs is 1. The summed E-state index contributed by atoms with van der Waals surface area (Å²) in [5, 5.41) is 7.69. The summed E-state index contributed by atoms with van der Waals surface area (Å²) in [4.78, 5) is 4.21. The minimum Gasteiger partial charge on any atom is -0.459 e. The van der Waals surface area contributed by atoms with Crippen molar-refractivity contribution in [1.82, 2.24) is 10.6 Å². The fraction of sp³-hybridized carbons (Fsp3) is 0.438. The highest BCUT2D eigenvalue weighted by atomic mass is 16.5. The Morgan fingerprint density at radius 1 is 1.38 bits per heavy atom. The van der Waals surface area contributed by atoms with Crippen LogP contribution in [0.15, 0.2) is 33.7 Å². The number of guanidine groups is 1. The van der Waals surface area contributed by atoms with Gasteiger partial charge in [0.1, 0.15) is 11.3 Å². The van der Waals surface area contributed by atoms with Crippen LogP contribution in [0.2, 0.25) is 0 Å². The van der Waals surface area contributed by atoms with Crippen molar-refractivity contribution in [2.75, 3.05) is 20.8 Å². The Hall–Kier alpha value is -2.01. The number of hydrogen-bond acceptors (Lipinski definition) is 3. The second-order valence-corrected chi connectivity index (χ2v) is 5.07. The summed E-state index contributed by atoms with van der Waals surface area (Å²) in [5.41, 5.74) is 2.08. The number of hydrogen-bond donors (Lipinski definition) is 2. The molecule has 1 aromatic heterocycles. The maximum Gasteiger partial charge on any atom is 0.191 e. The Kier molecular flexibility index (Phi) is 5.22. The zero-order valence-electron chi connectivity index (χ0n) is 13.1. The zero-order chi connectivity index (χ0) is 15.2. The zero-order valence-corrected chi connectivity index (χ0v) is 13.1. The normalized spacial score (nSPS) is 13.4. The Morgan fingerprint density at radius 2 is 2.14 bits per heavy atom. The average Bonchev–Trinajstić information content (AvgIpc) is 2.81. The van der Waals surface area contributed by atoms with Gasteiger partial charge < -0.3 is 19.8 Å². The summed E-state index contributed by atoms with van der Waals surface area (Å²) in [6.45, 7) is 5.35. The van der Waals surface area contributed by atoms with Crippen LogP contribution >= 0.6 is 0 Å². The number of furan rings is 1. The molecule has 1 atom stereocenters. The quantitative estimate of drug-likeness (QED) is 0.655. The lowest BCUT2D eigenvalue weighted by Gasteiger charge is -2.16. The van der Waals surface area contributed by atoms with E-state index in [9.17, 15) is 0 Å². The molecule has 0 amide bonds. The van der Waals surface area contributed by atoms with E-state index in [0.717, 1.165) is 22.7 Å². The van der Waals surface area contributed by atoms with Gasteiger partial charge in [-0.25, -0.2) is 0 Å². The number of ether oxygens (including phenoxy) is 1. The summed E-state index contributed by atoms with van der Waals surface area (Å²) in [6, 6.07) is 8.26. The Morgan fingerprint density at radius 3 is 2.81 bits per heavy atom. The topological polar surface area (TPSA) is 58.8 Å². The van der Waals surface area contributed by atoms with Gasteiger partial charge in [-0.05, 0) is 19.9 Å². The number of nitrogens with zero attached hydrogens (tertiary/aromatic N) is 1. The van der Waals surface area contributed by atoms with Gasteiger partial charge in [0, 0.05) is 31.1 Å². The summed E-state index contributed by atoms with van der Waals surface area (Å²) >= 11 is 0. The minimum absolute atomic E-state index is 0.193. The summed E-state index contributed by atoms with van der Waals surface area (Å²) in [5.74, 6) is 1.66. The summed E-state index contributed by atoms with van der Waals surface area (Å²) in [6.07, 6.45) is 0. The molecule has 114 valence electrons. The van der Waals surface area contributed by atoms with Gasteiger partial charge in [-0.2, -0.15) is 0 Å². The van der Waals surface area contributed by atoms with Crippen LogP contribution in [0.3, 0.4) is 0 Å². The third-order valence-electron chi connectivity index (χ3n) is 3.38. The van der Waals surface area contributed by atoms with E-state index in [1.165, 1.54) is 5.56 Å². The van der Waals surface area contributed by atoms with E-state index in [1.54, 1.807) is 14.2 Å². The predicted octanol–water partition coefficient (Wildman–Crippen LogP) is 2.44. The van der Waals surface area contributed by atoms with Gasteiger partial charge in [0.15, 0.2) is 5.96 Å². The molecule has 0 aliphatic heterocycles. The number of rotatable bonds is 5. The van der Waals surface area contributed by atoms with Gasteiger partial charge >= 0.3 is 0 Å². The summed E-state index contributed by atoms with van der Waals surface area (Å²) in [7, 11) is 3.44. The van der Waals surface area contributed by atoms with E-state index in [1.807, 2.05) is 25.1 Å². The van der Waals surface area contributed by atoms with E-state index in [4.69, 9.17) is 9.15 Å². The molecule has 2 rings (SSSR count). The van der Waals surface area contributed by atoms with Crippen molar-refractivity contribution in [1.29, 1.82) is 0 Å². The van der Waals surface area contributed by atoms with E-state index in [0.29, 0.717) is 13.2 Å². The van der Waals surface area contributed by atoms with Crippen molar-refractivity contribution in [2.24, 2.45) is 4.99 Å². The SMILES string of the molecule is CN=C(NCc1oc2ccccc2c1C)NC(C)COC. The molecule has 0 aliphatic rings. The lowest BCUT2D eigenvalue weighted by Crippen LogP contribution is -2.43. The van der Waals surface area contributed by atoms with Crippen molar-refractivity contribution >= 4 is 16.9 Å². The van der Waals surface area contributed by atoms with Crippen LogP contribution in [0.25, 0.3) is 11.0 Å². The van der Waals surface area contributed by atoms with Gasteiger partial charge in [0.2, 0.25) is 0 Å². The van der Waals surface area contributed by atoms with Crippen LogP contribution in [0.5, 0.6) is 0 Å². The molecule has 5 heteroatoms. The first kappa shape index (κ1) is 15.4. The molecule has 0 saturated carbocycles. The highest BCUT2D eigenvalue weighted by molar-refractivity contribution is 5.83. The highest BCUT2D eigenvalue weighted by Crippen LogP contribution is 2.24. The molecule has 0 fully saturated rings. The average molecular weight is 289 g/mol. The molecule has 1 aromatic carbocycles. The van der Waals surface area contributed by atoms with E-state index in [-0.39, 0.29) is 6.04 Å². The fourth-order valence-electron chi connectivity index (χ4n) is 2.28. The van der Waals surface area contributed by atoms with E-state index < -0.39 is 0 Å². The maximum absolute atomic E-state index is 5.88. The number of nitrogens with one attached hydrogen (secondary N) is 2. The van der Waals surface area contributed by atoms with Crippen LogP contribution in [-0.2, 0) is 11.3 Å². The lowest BCUT2D eigenvalue weighted by atomic mass is 10.1. The number of aliphatic imine (C=N–C) groups is 1. The molecule has 2 aromatic rings. The van der Waals surface area contributed by atoms with Crippen molar-refractivity contribution in [2.45, 2.75) is 26.4 Å². The molecule has 1 heterocycles. The Bertz CT molecular complexity index is 619. The van der Waals surface area contributed by atoms with E-state index in [2.05, 4.69) is 28.6 Å².